The van der Waals surface area contributed by atoms with Gasteiger partial charge >= 0.3 is 0 Å². The molecule has 1 unspecified atom stereocenters. The molecule has 0 spiro atoms. The smallest absolute Gasteiger partial charge is 0.0597 e. The average Bonchev–Trinajstić information content (AvgIpc) is 2.62. The van der Waals surface area contributed by atoms with Crippen molar-refractivity contribution in [2.75, 3.05) is 19.6 Å². The van der Waals surface area contributed by atoms with Crippen LogP contribution in [0.25, 0.3) is 0 Å². The normalized spacial score (nSPS) is 32.1. The van der Waals surface area contributed by atoms with Crippen molar-refractivity contribution in [3.05, 3.63) is 0 Å². The largest absolute Gasteiger partial charge is 0.302 e. The minimum Gasteiger partial charge on any atom is -0.302 e. The van der Waals surface area contributed by atoms with Gasteiger partial charge in [-0.1, -0.05) is 25.7 Å². The summed E-state index contributed by atoms with van der Waals surface area (Å²) in [6.45, 7) is 3.90. The fourth-order valence-corrected chi connectivity index (χ4v) is 2.73. The van der Waals surface area contributed by atoms with Crippen molar-refractivity contribution in [1.82, 2.24) is 10.2 Å². The molecular weight excluding hydrogens is 172 g/mol. The summed E-state index contributed by atoms with van der Waals surface area (Å²) in [5, 5.41) is 3.70. The zero-order valence-electron chi connectivity index (χ0n) is 9.30. The Labute approximate surface area is 88.1 Å². The molecule has 0 amide bonds. The SMILES string of the molecule is C1CCNC(N2CCCCCC2)CC1. The summed E-state index contributed by atoms with van der Waals surface area (Å²) in [6.07, 6.45) is 12.0. The van der Waals surface area contributed by atoms with E-state index in [2.05, 4.69) is 10.2 Å². The monoisotopic (exact) mass is 196 g/mol. The van der Waals surface area contributed by atoms with E-state index in [-0.39, 0.29) is 0 Å². The molecule has 1 atom stereocenters. The highest BCUT2D eigenvalue weighted by molar-refractivity contribution is 4.74. The lowest BCUT2D eigenvalue weighted by atomic mass is 10.2. The highest BCUT2D eigenvalue weighted by atomic mass is 15.3. The zero-order valence-corrected chi connectivity index (χ0v) is 9.30. The van der Waals surface area contributed by atoms with Crippen LogP contribution in [0.5, 0.6) is 0 Å². The number of hydrogen-bond donors (Lipinski definition) is 1. The Bertz CT molecular complexity index is 124. The van der Waals surface area contributed by atoms with Gasteiger partial charge in [0.25, 0.3) is 0 Å². The molecular formula is C12H24N2. The molecule has 2 fully saturated rings. The Kier molecular flexibility index (Phi) is 4.26. The van der Waals surface area contributed by atoms with Gasteiger partial charge in [-0.05, 0) is 45.3 Å². The van der Waals surface area contributed by atoms with Gasteiger partial charge in [-0.15, -0.1) is 0 Å². The van der Waals surface area contributed by atoms with Crippen molar-refractivity contribution < 1.29 is 0 Å². The van der Waals surface area contributed by atoms with Crippen molar-refractivity contribution >= 4 is 0 Å². The second kappa shape index (κ2) is 5.72. The maximum absolute atomic E-state index is 3.70. The van der Waals surface area contributed by atoms with Crippen LogP contribution in [-0.2, 0) is 0 Å². The van der Waals surface area contributed by atoms with Crippen LogP contribution < -0.4 is 5.32 Å². The van der Waals surface area contributed by atoms with Gasteiger partial charge in [-0.25, -0.2) is 0 Å². The molecule has 2 rings (SSSR count). The van der Waals surface area contributed by atoms with Gasteiger partial charge < -0.3 is 5.32 Å². The van der Waals surface area contributed by atoms with E-state index in [1.807, 2.05) is 0 Å². The molecule has 82 valence electrons. The standard InChI is InChI=1S/C12H24N2/c1-2-7-11-14(10-6-1)12-8-4-3-5-9-13-12/h12-13H,1-11H2. The molecule has 14 heavy (non-hydrogen) atoms. The summed E-state index contributed by atoms with van der Waals surface area (Å²) < 4.78 is 0. The molecule has 0 bridgehead atoms. The van der Waals surface area contributed by atoms with Crippen LogP contribution in [0.4, 0.5) is 0 Å². The number of nitrogens with one attached hydrogen (secondary N) is 1. The van der Waals surface area contributed by atoms with Gasteiger partial charge in [0.1, 0.15) is 0 Å². The minimum absolute atomic E-state index is 0.704. The maximum atomic E-state index is 3.70. The summed E-state index contributed by atoms with van der Waals surface area (Å²) in [7, 11) is 0. The average molecular weight is 196 g/mol. The van der Waals surface area contributed by atoms with Gasteiger partial charge in [0, 0.05) is 0 Å². The Balaban J connectivity index is 1.83. The summed E-state index contributed by atoms with van der Waals surface area (Å²) in [6, 6.07) is 0. The third kappa shape index (κ3) is 2.96. The Hall–Kier alpha value is -0.0800. The molecule has 0 aromatic carbocycles. The van der Waals surface area contributed by atoms with Gasteiger partial charge in [-0.3, -0.25) is 4.90 Å². The molecule has 1 N–H and O–H groups in total. The second-order valence-corrected chi connectivity index (χ2v) is 4.77. The second-order valence-electron chi connectivity index (χ2n) is 4.77. The van der Waals surface area contributed by atoms with E-state index < -0.39 is 0 Å². The van der Waals surface area contributed by atoms with E-state index in [0.29, 0.717) is 6.17 Å². The van der Waals surface area contributed by atoms with Crippen LogP contribution in [0, 0.1) is 0 Å². The molecule has 2 heterocycles. The van der Waals surface area contributed by atoms with Crippen molar-refractivity contribution in [3.8, 4) is 0 Å². The van der Waals surface area contributed by atoms with Crippen molar-refractivity contribution in [1.29, 1.82) is 0 Å². The molecule has 2 saturated heterocycles. The van der Waals surface area contributed by atoms with Crippen molar-refractivity contribution in [2.24, 2.45) is 0 Å². The van der Waals surface area contributed by atoms with E-state index in [1.54, 1.807) is 0 Å². The van der Waals surface area contributed by atoms with Crippen LogP contribution in [0.1, 0.15) is 51.4 Å². The molecule has 0 aromatic heterocycles. The minimum atomic E-state index is 0.704. The Morgan fingerprint density at radius 2 is 1.50 bits per heavy atom. The van der Waals surface area contributed by atoms with E-state index in [1.165, 1.54) is 71.0 Å². The first-order valence-electron chi connectivity index (χ1n) is 6.44. The molecule has 2 aliphatic heterocycles. The van der Waals surface area contributed by atoms with E-state index in [9.17, 15) is 0 Å². The molecule has 0 radical (unpaired) electrons. The van der Waals surface area contributed by atoms with Crippen LogP contribution >= 0.6 is 0 Å². The van der Waals surface area contributed by atoms with Crippen LogP contribution in [-0.4, -0.2) is 30.7 Å². The first-order chi connectivity index (χ1) is 6.97. The first kappa shape index (κ1) is 10.4. The highest BCUT2D eigenvalue weighted by Gasteiger charge is 2.19. The predicted molar refractivity (Wildman–Crippen MR) is 60.3 cm³/mol. The van der Waals surface area contributed by atoms with E-state index in [0.717, 1.165) is 0 Å². The Morgan fingerprint density at radius 1 is 0.786 bits per heavy atom. The van der Waals surface area contributed by atoms with Crippen molar-refractivity contribution in [2.45, 2.75) is 57.5 Å². The molecule has 0 aliphatic carbocycles. The molecule has 0 aromatic rings. The van der Waals surface area contributed by atoms with Crippen molar-refractivity contribution in [3.63, 3.8) is 0 Å². The van der Waals surface area contributed by atoms with Crippen LogP contribution in [0.15, 0.2) is 0 Å². The fourth-order valence-electron chi connectivity index (χ4n) is 2.73. The summed E-state index contributed by atoms with van der Waals surface area (Å²) in [5.74, 6) is 0. The summed E-state index contributed by atoms with van der Waals surface area (Å²) in [5.41, 5.74) is 0. The first-order valence-corrected chi connectivity index (χ1v) is 6.44. The lowest BCUT2D eigenvalue weighted by molar-refractivity contribution is 0.166. The van der Waals surface area contributed by atoms with Crippen LogP contribution in [0.3, 0.4) is 0 Å². The van der Waals surface area contributed by atoms with E-state index >= 15 is 0 Å². The number of hydrogen-bond acceptors (Lipinski definition) is 2. The van der Waals surface area contributed by atoms with Gasteiger partial charge in [0.2, 0.25) is 0 Å². The third-order valence-corrected chi connectivity index (χ3v) is 3.62. The fraction of sp³-hybridized carbons (Fsp3) is 1.00. The number of rotatable bonds is 1. The molecule has 2 aliphatic rings. The molecule has 0 saturated carbocycles. The quantitative estimate of drug-likeness (QED) is 0.692. The maximum Gasteiger partial charge on any atom is 0.0597 e. The summed E-state index contributed by atoms with van der Waals surface area (Å²) >= 11 is 0. The topological polar surface area (TPSA) is 15.3 Å². The molecule has 2 nitrogen and oxygen atoms in total. The van der Waals surface area contributed by atoms with Gasteiger partial charge in [0.15, 0.2) is 0 Å². The third-order valence-electron chi connectivity index (χ3n) is 3.62. The highest BCUT2D eigenvalue weighted by Crippen LogP contribution is 2.16. The predicted octanol–water partition coefficient (Wildman–Crippen LogP) is 2.35. The number of likely N-dealkylation sites (tertiary alicyclic amines) is 1. The van der Waals surface area contributed by atoms with E-state index in [4.69, 9.17) is 0 Å². The lowest BCUT2D eigenvalue weighted by Gasteiger charge is -2.30. The summed E-state index contributed by atoms with van der Waals surface area (Å²) in [4.78, 5) is 2.69. The lowest BCUT2D eigenvalue weighted by Crippen LogP contribution is -2.45. The number of nitrogens with zero attached hydrogens (tertiary/aromatic N) is 1. The Morgan fingerprint density at radius 3 is 2.29 bits per heavy atom. The van der Waals surface area contributed by atoms with Gasteiger partial charge in [-0.2, -0.15) is 0 Å². The molecule has 2 heteroatoms. The van der Waals surface area contributed by atoms with Crippen LogP contribution in [0.2, 0.25) is 0 Å². The zero-order chi connectivity index (χ0) is 9.64. The van der Waals surface area contributed by atoms with Gasteiger partial charge in [0.05, 0.1) is 6.17 Å².